The molecule has 0 aliphatic carbocycles. The molecule has 228 valence electrons. The highest BCUT2D eigenvalue weighted by molar-refractivity contribution is 5.88. The molecule has 4 aromatic rings. The zero-order chi connectivity index (χ0) is 30.5. The molecule has 0 radical (unpaired) electrons. The Kier molecular flexibility index (Phi) is 8.64. The third kappa shape index (κ3) is 6.62. The third-order valence-electron chi connectivity index (χ3n) is 7.46. The standard InChI is InChI=1S/C31H31FN6O6/c1-41-24-11-7-22(8-12-24)30-34-36-38(35-30)18-28(39)37(17-20-4-13-26-27(15-20)44-19-43-26)29(21-5-9-23(32)10-6-21)31(40)33-16-25-3-2-14-42-25/h4-13,15,25,29H,2-3,14,16-19H2,1H3,(H,33,40)/t25-,29+/m0/s1. The van der Waals surface area contributed by atoms with Crippen LogP contribution in [0.15, 0.2) is 66.7 Å². The average molecular weight is 603 g/mol. The number of hydrogen-bond acceptors (Lipinski definition) is 9. The Balaban J connectivity index is 1.30. The number of nitrogens with one attached hydrogen (secondary N) is 1. The number of methoxy groups -OCH3 is 1. The van der Waals surface area contributed by atoms with E-state index in [1.807, 2.05) is 0 Å². The van der Waals surface area contributed by atoms with Gasteiger partial charge in [-0.05, 0) is 77.7 Å². The summed E-state index contributed by atoms with van der Waals surface area (Å²) in [7, 11) is 1.58. The maximum Gasteiger partial charge on any atom is 0.247 e. The summed E-state index contributed by atoms with van der Waals surface area (Å²) in [6.07, 6.45) is 1.64. The van der Waals surface area contributed by atoms with E-state index in [1.54, 1.807) is 49.6 Å². The molecule has 12 nitrogen and oxygen atoms in total. The van der Waals surface area contributed by atoms with E-state index < -0.39 is 23.7 Å². The van der Waals surface area contributed by atoms with Crippen LogP contribution >= 0.6 is 0 Å². The quantitative estimate of drug-likeness (QED) is 0.275. The van der Waals surface area contributed by atoms with Gasteiger partial charge in [-0.1, -0.05) is 18.2 Å². The van der Waals surface area contributed by atoms with Crippen molar-refractivity contribution in [2.45, 2.75) is 38.1 Å². The number of fused-ring (bicyclic) bond motifs is 1. The van der Waals surface area contributed by atoms with E-state index in [1.165, 1.54) is 34.0 Å². The molecule has 1 aromatic heterocycles. The van der Waals surface area contributed by atoms with Gasteiger partial charge in [0.15, 0.2) is 11.5 Å². The Labute approximate surface area is 252 Å². The van der Waals surface area contributed by atoms with Crippen LogP contribution in [-0.2, 0) is 27.4 Å². The number of carbonyl (C=O) groups excluding carboxylic acids is 2. The number of halogens is 1. The summed E-state index contributed by atoms with van der Waals surface area (Å²) < 4.78 is 35.8. The molecule has 3 heterocycles. The molecule has 1 fully saturated rings. The van der Waals surface area contributed by atoms with Gasteiger partial charge in [0, 0.05) is 25.3 Å². The number of rotatable bonds is 11. The highest BCUT2D eigenvalue weighted by Crippen LogP contribution is 2.34. The molecule has 1 N–H and O–H groups in total. The first-order chi connectivity index (χ1) is 21.5. The Bertz CT molecular complexity index is 1610. The summed E-state index contributed by atoms with van der Waals surface area (Å²) in [6.45, 7) is 0.758. The van der Waals surface area contributed by atoms with Gasteiger partial charge in [0.1, 0.15) is 24.2 Å². The number of nitrogens with zero attached hydrogens (tertiary/aromatic N) is 5. The van der Waals surface area contributed by atoms with Crippen molar-refractivity contribution in [1.29, 1.82) is 0 Å². The van der Waals surface area contributed by atoms with Crippen molar-refractivity contribution < 1.29 is 32.9 Å². The fourth-order valence-electron chi connectivity index (χ4n) is 5.17. The fraction of sp³-hybridized carbons (Fsp3) is 0.323. The number of amides is 2. The molecule has 0 bridgehead atoms. The molecule has 0 unspecified atom stereocenters. The average Bonchev–Trinajstić information content (AvgIpc) is 3.83. The number of benzene rings is 3. The second kappa shape index (κ2) is 13.1. The second-order valence-electron chi connectivity index (χ2n) is 10.4. The van der Waals surface area contributed by atoms with Crippen LogP contribution < -0.4 is 19.5 Å². The molecule has 6 rings (SSSR count). The highest BCUT2D eigenvalue weighted by atomic mass is 19.1. The van der Waals surface area contributed by atoms with E-state index in [2.05, 4.69) is 20.7 Å². The van der Waals surface area contributed by atoms with Crippen molar-refractivity contribution in [1.82, 2.24) is 30.4 Å². The maximum atomic E-state index is 14.1. The van der Waals surface area contributed by atoms with Gasteiger partial charge >= 0.3 is 0 Å². The van der Waals surface area contributed by atoms with Gasteiger partial charge in [-0.15, -0.1) is 10.2 Å². The summed E-state index contributed by atoms with van der Waals surface area (Å²) in [5, 5.41) is 15.5. The van der Waals surface area contributed by atoms with E-state index in [0.717, 1.165) is 12.8 Å². The Hall–Kier alpha value is -5.04. The monoisotopic (exact) mass is 602 g/mol. The van der Waals surface area contributed by atoms with Crippen LogP contribution in [0.3, 0.4) is 0 Å². The number of ether oxygens (including phenoxy) is 4. The van der Waals surface area contributed by atoms with Crippen LogP contribution in [0.25, 0.3) is 11.4 Å². The lowest BCUT2D eigenvalue weighted by Crippen LogP contribution is -2.46. The van der Waals surface area contributed by atoms with Crippen molar-refractivity contribution in [3.8, 4) is 28.6 Å². The van der Waals surface area contributed by atoms with Gasteiger partial charge in [-0.3, -0.25) is 9.59 Å². The molecular weight excluding hydrogens is 571 g/mol. The summed E-state index contributed by atoms with van der Waals surface area (Å²) >= 11 is 0. The van der Waals surface area contributed by atoms with E-state index in [0.29, 0.717) is 52.9 Å². The molecule has 1 saturated heterocycles. The Morgan fingerprint density at radius 1 is 1.09 bits per heavy atom. The fourth-order valence-corrected chi connectivity index (χ4v) is 5.17. The van der Waals surface area contributed by atoms with Crippen LogP contribution in [0.2, 0.25) is 0 Å². The zero-order valence-electron chi connectivity index (χ0n) is 24.0. The maximum absolute atomic E-state index is 14.1. The molecule has 0 saturated carbocycles. The third-order valence-corrected chi connectivity index (χ3v) is 7.46. The predicted molar refractivity (Wildman–Crippen MR) is 154 cm³/mol. The van der Waals surface area contributed by atoms with E-state index in [-0.39, 0.29) is 26.0 Å². The highest BCUT2D eigenvalue weighted by Gasteiger charge is 2.33. The van der Waals surface area contributed by atoms with Crippen LogP contribution in [0.1, 0.15) is 30.0 Å². The Morgan fingerprint density at radius 2 is 1.89 bits per heavy atom. The van der Waals surface area contributed by atoms with Crippen molar-refractivity contribution in [3.05, 3.63) is 83.7 Å². The molecule has 2 aliphatic rings. The van der Waals surface area contributed by atoms with Crippen LogP contribution in [0.5, 0.6) is 17.2 Å². The number of hydrogen-bond donors (Lipinski definition) is 1. The molecule has 2 atom stereocenters. The van der Waals surface area contributed by atoms with Crippen molar-refractivity contribution in [2.75, 3.05) is 27.1 Å². The predicted octanol–water partition coefficient (Wildman–Crippen LogP) is 3.28. The molecule has 3 aromatic carbocycles. The lowest BCUT2D eigenvalue weighted by molar-refractivity contribution is -0.142. The molecule has 2 amide bonds. The minimum Gasteiger partial charge on any atom is -0.497 e. The van der Waals surface area contributed by atoms with Crippen molar-refractivity contribution >= 4 is 11.8 Å². The second-order valence-corrected chi connectivity index (χ2v) is 10.4. The number of carbonyl (C=O) groups is 2. The van der Waals surface area contributed by atoms with Crippen LogP contribution in [0.4, 0.5) is 4.39 Å². The van der Waals surface area contributed by atoms with Gasteiger partial charge in [-0.2, -0.15) is 4.80 Å². The van der Waals surface area contributed by atoms with Gasteiger partial charge in [0.25, 0.3) is 0 Å². The van der Waals surface area contributed by atoms with Crippen molar-refractivity contribution in [3.63, 3.8) is 0 Å². The minimum absolute atomic E-state index is 0.0326. The largest absolute Gasteiger partial charge is 0.497 e. The topological polar surface area (TPSA) is 130 Å². The number of tetrazole rings is 1. The first-order valence-corrected chi connectivity index (χ1v) is 14.2. The smallest absolute Gasteiger partial charge is 0.247 e. The first-order valence-electron chi connectivity index (χ1n) is 14.2. The van der Waals surface area contributed by atoms with Crippen LogP contribution in [-0.4, -0.2) is 70.1 Å². The van der Waals surface area contributed by atoms with E-state index >= 15 is 0 Å². The summed E-state index contributed by atoms with van der Waals surface area (Å²) in [4.78, 5) is 30.5. The molecule has 44 heavy (non-hydrogen) atoms. The minimum atomic E-state index is -1.10. The van der Waals surface area contributed by atoms with Gasteiger partial charge in [0.05, 0.1) is 13.2 Å². The molecule has 0 spiro atoms. The van der Waals surface area contributed by atoms with Crippen LogP contribution in [0, 0.1) is 5.82 Å². The lowest BCUT2D eigenvalue weighted by Gasteiger charge is -2.32. The SMILES string of the molecule is COc1ccc(-c2nnn(CC(=O)N(Cc3ccc4c(c3)OCO4)[C@@H](C(=O)NC[C@@H]3CCCO3)c3ccc(F)cc3)n2)cc1. The lowest BCUT2D eigenvalue weighted by atomic mass is 10.0. The number of aromatic nitrogens is 4. The summed E-state index contributed by atoms with van der Waals surface area (Å²) in [5.41, 5.74) is 1.84. The zero-order valence-corrected chi connectivity index (χ0v) is 24.0. The molecule has 13 heteroatoms. The van der Waals surface area contributed by atoms with Crippen molar-refractivity contribution in [2.24, 2.45) is 0 Å². The van der Waals surface area contributed by atoms with E-state index in [9.17, 15) is 14.0 Å². The first kappa shape index (κ1) is 29.1. The molecule has 2 aliphatic heterocycles. The summed E-state index contributed by atoms with van der Waals surface area (Å²) in [6, 6.07) is 16.9. The van der Waals surface area contributed by atoms with Gasteiger partial charge in [0.2, 0.25) is 24.4 Å². The molecular formula is C31H31FN6O6. The van der Waals surface area contributed by atoms with Gasteiger partial charge in [-0.25, -0.2) is 4.39 Å². The normalized spacial score (nSPS) is 16.0. The van der Waals surface area contributed by atoms with E-state index in [4.69, 9.17) is 18.9 Å². The van der Waals surface area contributed by atoms with Gasteiger partial charge < -0.3 is 29.2 Å². The Morgan fingerprint density at radius 3 is 2.64 bits per heavy atom. The summed E-state index contributed by atoms with van der Waals surface area (Å²) in [5.74, 6) is 0.799.